The maximum atomic E-state index is 5.20. The Labute approximate surface area is 91.9 Å². The Morgan fingerprint density at radius 1 is 1.33 bits per heavy atom. The number of hydrogen-bond donors (Lipinski definition) is 1. The highest BCUT2D eigenvalue weighted by Gasteiger charge is 2.37. The molecule has 2 rings (SSSR count). The summed E-state index contributed by atoms with van der Waals surface area (Å²) in [5.41, 5.74) is 1.46. The van der Waals surface area contributed by atoms with Gasteiger partial charge in [0.05, 0.1) is 0 Å². The third kappa shape index (κ3) is 2.84. The molecule has 0 amide bonds. The van der Waals surface area contributed by atoms with E-state index in [4.69, 9.17) is 6.42 Å². The molecular formula is C14H17N. The summed E-state index contributed by atoms with van der Waals surface area (Å²) < 4.78 is 0. The maximum Gasteiger partial charge on any atom is 0.0143 e. The Morgan fingerprint density at radius 3 is 2.87 bits per heavy atom. The fourth-order valence-corrected chi connectivity index (χ4v) is 1.97. The van der Waals surface area contributed by atoms with Gasteiger partial charge in [-0.2, -0.15) is 0 Å². The Kier molecular flexibility index (Phi) is 3.42. The minimum Gasteiger partial charge on any atom is -0.313 e. The molecule has 78 valence electrons. The number of hydrogen-bond acceptors (Lipinski definition) is 1. The molecule has 0 aromatic heterocycles. The lowest BCUT2D eigenvalue weighted by atomic mass is 10.1. The molecule has 0 bridgehead atoms. The van der Waals surface area contributed by atoms with Crippen molar-refractivity contribution in [3.63, 3.8) is 0 Å². The summed E-state index contributed by atoms with van der Waals surface area (Å²) in [4.78, 5) is 0. The van der Waals surface area contributed by atoms with Gasteiger partial charge in [0.15, 0.2) is 0 Å². The van der Waals surface area contributed by atoms with Crippen LogP contribution in [0.3, 0.4) is 0 Å². The molecule has 1 aromatic carbocycles. The van der Waals surface area contributed by atoms with Gasteiger partial charge in [-0.15, -0.1) is 12.3 Å². The lowest BCUT2D eigenvalue weighted by Gasteiger charge is -2.02. The lowest BCUT2D eigenvalue weighted by molar-refractivity contribution is 0.644. The third-order valence-electron chi connectivity index (χ3n) is 2.92. The Hall–Kier alpha value is -1.26. The molecule has 1 aromatic rings. The van der Waals surface area contributed by atoms with Crippen molar-refractivity contribution in [1.29, 1.82) is 0 Å². The molecule has 1 aliphatic rings. The van der Waals surface area contributed by atoms with Gasteiger partial charge in [0.2, 0.25) is 0 Å². The van der Waals surface area contributed by atoms with Crippen molar-refractivity contribution in [3.05, 3.63) is 35.9 Å². The summed E-state index contributed by atoms with van der Waals surface area (Å²) in [5.74, 6) is 3.40. The van der Waals surface area contributed by atoms with Crippen LogP contribution in [0.15, 0.2) is 30.3 Å². The Morgan fingerprint density at radius 2 is 2.13 bits per heavy atom. The molecule has 1 nitrogen and oxygen atoms in total. The van der Waals surface area contributed by atoms with E-state index < -0.39 is 0 Å². The second kappa shape index (κ2) is 5.00. The van der Waals surface area contributed by atoms with Crippen LogP contribution in [0.5, 0.6) is 0 Å². The molecular weight excluding hydrogens is 182 g/mol. The van der Waals surface area contributed by atoms with E-state index in [1.54, 1.807) is 0 Å². The van der Waals surface area contributed by atoms with Crippen molar-refractivity contribution >= 4 is 0 Å². The molecule has 1 heteroatoms. The van der Waals surface area contributed by atoms with Crippen LogP contribution in [0.2, 0.25) is 0 Å². The van der Waals surface area contributed by atoms with Crippen LogP contribution >= 0.6 is 0 Å². The molecule has 2 atom stereocenters. The van der Waals surface area contributed by atoms with E-state index in [0.717, 1.165) is 25.3 Å². The smallest absolute Gasteiger partial charge is 0.0143 e. The zero-order chi connectivity index (χ0) is 10.5. The first-order valence-electron chi connectivity index (χ1n) is 5.63. The highest BCUT2D eigenvalue weighted by atomic mass is 15.0. The molecule has 1 N–H and O–H groups in total. The normalized spacial score (nSPS) is 23.4. The standard InChI is InChI=1S/C14H17N/c1-2-3-7-10-15-14-11-13(14)12-8-5-4-6-9-12/h1,4-6,8-9,13-15H,3,7,10-11H2. The van der Waals surface area contributed by atoms with Crippen LogP contribution in [-0.4, -0.2) is 12.6 Å². The molecule has 1 aliphatic carbocycles. The predicted octanol–water partition coefficient (Wildman–Crippen LogP) is 2.55. The van der Waals surface area contributed by atoms with Gasteiger partial charge in [-0.3, -0.25) is 0 Å². The van der Waals surface area contributed by atoms with Crippen molar-refractivity contribution < 1.29 is 0 Å². The average Bonchev–Trinajstić information content (AvgIpc) is 3.05. The topological polar surface area (TPSA) is 12.0 Å². The summed E-state index contributed by atoms with van der Waals surface area (Å²) in [6.45, 7) is 1.05. The van der Waals surface area contributed by atoms with E-state index in [9.17, 15) is 0 Å². The van der Waals surface area contributed by atoms with E-state index in [1.807, 2.05) is 0 Å². The van der Waals surface area contributed by atoms with Gasteiger partial charge < -0.3 is 5.32 Å². The molecule has 1 saturated carbocycles. The van der Waals surface area contributed by atoms with Crippen molar-refractivity contribution in [2.75, 3.05) is 6.54 Å². The number of terminal acetylenes is 1. The van der Waals surface area contributed by atoms with Crippen LogP contribution in [-0.2, 0) is 0 Å². The molecule has 0 heterocycles. The monoisotopic (exact) mass is 199 g/mol. The fourth-order valence-electron chi connectivity index (χ4n) is 1.97. The molecule has 15 heavy (non-hydrogen) atoms. The average molecular weight is 199 g/mol. The Bertz CT molecular complexity index is 336. The number of unbranched alkanes of at least 4 members (excludes halogenated alkanes) is 1. The summed E-state index contributed by atoms with van der Waals surface area (Å²) in [6, 6.07) is 11.4. The van der Waals surface area contributed by atoms with Gasteiger partial charge in [-0.05, 0) is 24.9 Å². The van der Waals surface area contributed by atoms with Gasteiger partial charge in [0.1, 0.15) is 0 Å². The lowest BCUT2D eigenvalue weighted by Crippen LogP contribution is -2.18. The summed E-state index contributed by atoms with van der Waals surface area (Å²) in [5, 5.41) is 3.54. The summed E-state index contributed by atoms with van der Waals surface area (Å²) in [7, 11) is 0. The third-order valence-corrected chi connectivity index (χ3v) is 2.92. The number of benzene rings is 1. The first-order chi connectivity index (χ1) is 7.42. The summed E-state index contributed by atoms with van der Waals surface area (Å²) in [6.07, 6.45) is 8.46. The minimum absolute atomic E-state index is 0.685. The Balaban J connectivity index is 1.71. The molecule has 0 radical (unpaired) electrons. The van der Waals surface area contributed by atoms with Crippen LogP contribution in [0.1, 0.15) is 30.7 Å². The minimum atomic E-state index is 0.685. The van der Waals surface area contributed by atoms with E-state index in [-0.39, 0.29) is 0 Å². The SMILES string of the molecule is C#CCCCNC1CC1c1ccccc1. The molecule has 2 unspecified atom stereocenters. The fraction of sp³-hybridized carbons (Fsp3) is 0.429. The zero-order valence-electron chi connectivity index (χ0n) is 8.95. The van der Waals surface area contributed by atoms with Crippen molar-refractivity contribution in [2.45, 2.75) is 31.2 Å². The van der Waals surface area contributed by atoms with Gasteiger partial charge >= 0.3 is 0 Å². The second-order valence-corrected chi connectivity index (χ2v) is 4.12. The second-order valence-electron chi connectivity index (χ2n) is 4.12. The highest BCUT2D eigenvalue weighted by molar-refractivity contribution is 5.27. The van der Waals surface area contributed by atoms with Crippen LogP contribution in [0, 0.1) is 12.3 Å². The van der Waals surface area contributed by atoms with Crippen LogP contribution < -0.4 is 5.32 Å². The molecule has 0 spiro atoms. The maximum absolute atomic E-state index is 5.20. The van der Waals surface area contributed by atoms with E-state index in [2.05, 4.69) is 41.6 Å². The zero-order valence-corrected chi connectivity index (χ0v) is 8.95. The summed E-state index contributed by atoms with van der Waals surface area (Å²) >= 11 is 0. The van der Waals surface area contributed by atoms with Crippen LogP contribution in [0.4, 0.5) is 0 Å². The number of rotatable bonds is 5. The van der Waals surface area contributed by atoms with Crippen molar-refractivity contribution in [3.8, 4) is 12.3 Å². The molecule has 0 aliphatic heterocycles. The van der Waals surface area contributed by atoms with E-state index in [0.29, 0.717) is 6.04 Å². The van der Waals surface area contributed by atoms with Crippen LogP contribution in [0.25, 0.3) is 0 Å². The van der Waals surface area contributed by atoms with Gasteiger partial charge in [0, 0.05) is 18.4 Å². The van der Waals surface area contributed by atoms with Gasteiger partial charge in [0.25, 0.3) is 0 Å². The first-order valence-corrected chi connectivity index (χ1v) is 5.63. The molecule has 1 fully saturated rings. The van der Waals surface area contributed by atoms with Gasteiger partial charge in [-0.25, -0.2) is 0 Å². The quantitative estimate of drug-likeness (QED) is 0.567. The number of nitrogens with one attached hydrogen (secondary N) is 1. The van der Waals surface area contributed by atoms with E-state index >= 15 is 0 Å². The highest BCUT2D eigenvalue weighted by Crippen LogP contribution is 2.40. The molecule has 0 saturated heterocycles. The largest absolute Gasteiger partial charge is 0.313 e. The first kappa shape index (κ1) is 10.3. The van der Waals surface area contributed by atoms with Crippen molar-refractivity contribution in [1.82, 2.24) is 5.32 Å². The van der Waals surface area contributed by atoms with Crippen molar-refractivity contribution in [2.24, 2.45) is 0 Å². The van der Waals surface area contributed by atoms with E-state index in [1.165, 1.54) is 12.0 Å². The predicted molar refractivity (Wildman–Crippen MR) is 63.7 cm³/mol. The van der Waals surface area contributed by atoms with Gasteiger partial charge in [-0.1, -0.05) is 30.3 Å².